The molecule has 0 heterocycles. The van der Waals surface area contributed by atoms with E-state index in [4.69, 9.17) is 0 Å². The fourth-order valence-electron chi connectivity index (χ4n) is 1.50. The summed E-state index contributed by atoms with van der Waals surface area (Å²) in [6.45, 7) is 1.85. The van der Waals surface area contributed by atoms with E-state index in [1.807, 2.05) is 6.92 Å². The fourth-order valence-corrected chi connectivity index (χ4v) is 2.52. The predicted molar refractivity (Wildman–Crippen MR) is 58.6 cm³/mol. The molecule has 0 bridgehead atoms. The van der Waals surface area contributed by atoms with Crippen LogP contribution in [0.1, 0.15) is 24.8 Å². The van der Waals surface area contributed by atoms with Gasteiger partial charge in [-0.3, -0.25) is 0 Å². The number of carbonyl (C=O) groups is 1. The van der Waals surface area contributed by atoms with E-state index >= 15 is 0 Å². The number of sulfone groups is 1. The van der Waals surface area contributed by atoms with E-state index in [9.17, 15) is 13.2 Å². The molecule has 0 fully saturated rings. The zero-order valence-corrected chi connectivity index (χ0v) is 9.62. The Morgan fingerprint density at radius 2 is 1.93 bits per heavy atom. The van der Waals surface area contributed by atoms with E-state index in [0.29, 0.717) is 16.9 Å². The lowest BCUT2D eigenvalue weighted by atomic mass is 9.99. The predicted octanol–water partition coefficient (Wildman–Crippen LogP) is 1.78. The van der Waals surface area contributed by atoms with Crippen molar-refractivity contribution >= 4 is 16.1 Å². The largest absolute Gasteiger partial charge is 0.303 e. The van der Waals surface area contributed by atoms with Gasteiger partial charge in [-0.05, 0) is 17.5 Å². The number of rotatable bonds is 4. The topological polar surface area (TPSA) is 51.2 Å². The maximum atomic E-state index is 11.5. The van der Waals surface area contributed by atoms with Gasteiger partial charge in [0.25, 0.3) is 0 Å². The molecule has 0 N–H and O–H groups in total. The van der Waals surface area contributed by atoms with Crippen LogP contribution in [-0.2, 0) is 14.6 Å². The van der Waals surface area contributed by atoms with E-state index in [1.165, 1.54) is 6.26 Å². The Hall–Kier alpha value is -1.16. The quantitative estimate of drug-likeness (QED) is 0.735. The van der Waals surface area contributed by atoms with E-state index in [-0.39, 0.29) is 5.92 Å². The summed E-state index contributed by atoms with van der Waals surface area (Å²) in [5, 5.41) is 0. The highest BCUT2D eigenvalue weighted by molar-refractivity contribution is 7.90. The third-order valence-electron chi connectivity index (χ3n) is 2.30. The molecule has 82 valence electrons. The first kappa shape index (κ1) is 11.9. The average molecular weight is 226 g/mol. The zero-order chi connectivity index (χ0) is 11.5. The molecule has 15 heavy (non-hydrogen) atoms. The van der Waals surface area contributed by atoms with Gasteiger partial charge in [0.15, 0.2) is 9.84 Å². The van der Waals surface area contributed by atoms with Crippen molar-refractivity contribution in [3.63, 3.8) is 0 Å². The monoisotopic (exact) mass is 226 g/mol. The summed E-state index contributed by atoms with van der Waals surface area (Å²) < 4.78 is 22.9. The second kappa shape index (κ2) is 4.57. The summed E-state index contributed by atoms with van der Waals surface area (Å²) in [4.78, 5) is 10.7. The molecule has 0 aliphatic rings. The van der Waals surface area contributed by atoms with Gasteiger partial charge < -0.3 is 4.79 Å². The summed E-state index contributed by atoms with van der Waals surface area (Å²) in [5.41, 5.74) is 0.715. The molecule has 0 saturated heterocycles. The van der Waals surface area contributed by atoms with Crippen molar-refractivity contribution in [2.75, 3.05) is 6.26 Å². The molecule has 1 rings (SSSR count). The first-order chi connectivity index (χ1) is 6.96. The van der Waals surface area contributed by atoms with Crippen LogP contribution in [0.5, 0.6) is 0 Å². The van der Waals surface area contributed by atoms with Crippen LogP contribution in [-0.4, -0.2) is 21.0 Å². The molecule has 0 aliphatic heterocycles. The highest BCUT2D eigenvalue weighted by Crippen LogP contribution is 2.25. The van der Waals surface area contributed by atoms with Crippen LogP contribution in [0.4, 0.5) is 0 Å². The molecule has 1 unspecified atom stereocenters. The van der Waals surface area contributed by atoms with Crippen LogP contribution in [0.25, 0.3) is 0 Å². The van der Waals surface area contributed by atoms with Crippen LogP contribution in [0.2, 0.25) is 0 Å². The summed E-state index contributed by atoms with van der Waals surface area (Å²) in [7, 11) is -3.21. The third-order valence-corrected chi connectivity index (χ3v) is 3.47. The fraction of sp³-hybridized carbons (Fsp3) is 0.364. The molecule has 4 heteroatoms. The molecule has 0 amide bonds. The Morgan fingerprint density at radius 1 is 1.33 bits per heavy atom. The molecule has 1 aromatic carbocycles. The van der Waals surface area contributed by atoms with Crippen molar-refractivity contribution in [3.05, 3.63) is 29.8 Å². The maximum Gasteiger partial charge on any atom is 0.175 e. The van der Waals surface area contributed by atoms with Crippen LogP contribution in [0, 0.1) is 0 Å². The van der Waals surface area contributed by atoms with Crippen molar-refractivity contribution in [1.82, 2.24) is 0 Å². The van der Waals surface area contributed by atoms with Crippen LogP contribution < -0.4 is 0 Å². The second-order valence-electron chi connectivity index (χ2n) is 3.61. The van der Waals surface area contributed by atoms with E-state index in [0.717, 1.165) is 6.29 Å². The van der Waals surface area contributed by atoms with Crippen LogP contribution in [0.3, 0.4) is 0 Å². The summed E-state index contributed by atoms with van der Waals surface area (Å²) in [6, 6.07) is 6.80. The summed E-state index contributed by atoms with van der Waals surface area (Å²) >= 11 is 0. The molecular weight excluding hydrogens is 212 g/mol. The second-order valence-corrected chi connectivity index (χ2v) is 5.60. The van der Waals surface area contributed by atoms with Gasteiger partial charge in [-0.1, -0.05) is 25.1 Å². The van der Waals surface area contributed by atoms with Crippen molar-refractivity contribution in [2.24, 2.45) is 0 Å². The SMILES string of the molecule is CC(CC=O)c1ccccc1S(C)(=O)=O. The lowest BCUT2D eigenvalue weighted by Crippen LogP contribution is -2.05. The van der Waals surface area contributed by atoms with Crippen molar-refractivity contribution in [1.29, 1.82) is 0 Å². The third kappa shape index (κ3) is 2.89. The Kier molecular flexibility index (Phi) is 3.63. The number of hydrogen-bond donors (Lipinski definition) is 0. The van der Waals surface area contributed by atoms with Gasteiger partial charge in [0.05, 0.1) is 4.90 Å². The molecule has 0 spiro atoms. The Labute approximate surface area is 90.0 Å². The molecule has 3 nitrogen and oxygen atoms in total. The van der Waals surface area contributed by atoms with Crippen LogP contribution in [0.15, 0.2) is 29.2 Å². The normalized spacial score (nSPS) is 13.5. The molecule has 0 radical (unpaired) electrons. The molecule has 1 aromatic rings. The zero-order valence-electron chi connectivity index (χ0n) is 8.80. The lowest BCUT2D eigenvalue weighted by Gasteiger charge is -2.12. The number of aldehydes is 1. The highest BCUT2D eigenvalue weighted by Gasteiger charge is 2.16. The standard InChI is InChI=1S/C11H14O3S/c1-9(7-8-12)10-5-3-4-6-11(10)15(2,13)14/h3-6,8-9H,7H2,1-2H3. The Balaban J connectivity index is 3.24. The molecular formula is C11H14O3S. The van der Waals surface area contributed by atoms with Crippen LogP contribution >= 0.6 is 0 Å². The molecule has 0 saturated carbocycles. The highest BCUT2D eigenvalue weighted by atomic mass is 32.2. The van der Waals surface area contributed by atoms with E-state index < -0.39 is 9.84 Å². The minimum Gasteiger partial charge on any atom is -0.303 e. The Morgan fingerprint density at radius 3 is 2.47 bits per heavy atom. The lowest BCUT2D eigenvalue weighted by molar-refractivity contribution is -0.108. The van der Waals surface area contributed by atoms with Gasteiger partial charge in [-0.2, -0.15) is 0 Å². The van der Waals surface area contributed by atoms with Crippen molar-refractivity contribution < 1.29 is 13.2 Å². The molecule has 0 aromatic heterocycles. The van der Waals surface area contributed by atoms with Gasteiger partial charge >= 0.3 is 0 Å². The molecule has 0 aliphatic carbocycles. The minimum absolute atomic E-state index is 0.0616. The van der Waals surface area contributed by atoms with E-state index in [2.05, 4.69) is 0 Å². The van der Waals surface area contributed by atoms with Gasteiger partial charge in [-0.25, -0.2) is 8.42 Å². The minimum atomic E-state index is -3.21. The maximum absolute atomic E-state index is 11.5. The number of benzene rings is 1. The van der Waals surface area contributed by atoms with Crippen molar-refractivity contribution in [3.8, 4) is 0 Å². The smallest absolute Gasteiger partial charge is 0.175 e. The van der Waals surface area contributed by atoms with E-state index in [1.54, 1.807) is 24.3 Å². The first-order valence-electron chi connectivity index (χ1n) is 4.69. The summed E-state index contributed by atoms with van der Waals surface area (Å²) in [6.07, 6.45) is 2.33. The molecule has 1 atom stereocenters. The van der Waals surface area contributed by atoms with Gasteiger partial charge in [-0.15, -0.1) is 0 Å². The summed E-state index contributed by atoms with van der Waals surface area (Å²) in [5.74, 6) is -0.0616. The van der Waals surface area contributed by atoms with Crippen molar-refractivity contribution in [2.45, 2.75) is 24.2 Å². The van der Waals surface area contributed by atoms with Gasteiger partial charge in [0.1, 0.15) is 6.29 Å². The van der Waals surface area contributed by atoms with Gasteiger partial charge in [0.2, 0.25) is 0 Å². The van der Waals surface area contributed by atoms with Gasteiger partial charge in [0, 0.05) is 12.7 Å². The Bertz CT molecular complexity index is 449. The first-order valence-corrected chi connectivity index (χ1v) is 6.58. The number of carbonyl (C=O) groups excluding carboxylic acids is 1. The number of hydrogen-bond acceptors (Lipinski definition) is 3. The average Bonchev–Trinajstić information content (AvgIpc) is 2.17.